The van der Waals surface area contributed by atoms with Crippen LogP contribution in [0.15, 0.2) is 15.7 Å². The Morgan fingerprint density at radius 3 is 2.05 bits per heavy atom. The summed E-state index contributed by atoms with van der Waals surface area (Å²) in [4.78, 5) is 78.0. The van der Waals surface area contributed by atoms with Crippen molar-refractivity contribution in [3.05, 3.63) is 32.6 Å². The number of carbonyl (C=O) groups excluding carboxylic acids is 3. The molecule has 370 valence electrons. The second-order valence-corrected chi connectivity index (χ2v) is 15.8. The molecule has 2 amide bonds. The summed E-state index contributed by atoms with van der Waals surface area (Å²) in [5.41, 5.74) is -2.60. The fourth-order valence-corrected chi connectivity index (χ4v) is 7.65. The van der Waals surface area contributed by atoms with Gasteiger partial charge in [0.2, 0.25) is 5.91 Å². The molecule has 27 nitrogen and oxygen atoms in total. The second-order valence-electron chi connectivity index (χ2n) is 15.8. The fourth-order valence-electron chi connectivity index (χ4n) is 7.65. The number of amides is 2. The number of hydrogen-bond acceptors (Lipinski definition) is 22. The molecule has 1 aromatic rings. The summed E-state index contributed by atoms with van der Waals surface area (Å²) < 4.78 is 39.4. The van der Waals surface area contributed by atoms with E-state index in [2.05, 4.69) is 20.4 Å². The highest BCUT2D eigenvalue weighted by atomic mass is 16.8. The number of aromatic nitrogens is 2. The molecule has 27 heteroatoms. The quantitative estimate of drug-likeness (QED) is 0.0358. The van der Waals surface area contributed by atoms with Crippen LogP contribution in [0.2, 0.25) is 0 Å². The third-order valence-corrected chi connectivity index (χ3v) is 11.1. The number of ether oxygens (including phenoxy) is 7. The Kier molecular flexibility index (Phi) is 20.3. The summed E-state index contributed by atoms with van der Waals surface area (Å²) in [6, 6.07) is -2.54. The first-order valence-corrected chi connectivity index (χ1v) is 20.9. The van der Waals surface area contributed by atoms with Gasteiger partial charge < -0.3 is 99.8 Å². The summed E-state index contributed by atoms with van der Waals surface area (Å²) in [7, 11) is 1.30. The Morgan fingerprint density at radius 2 is 1.46 bits per heavy atom. The fraction of sp³-hybridized carbons (Fsp3) is 0.789. The smallest absolute Gasteiger partial charge is 0.364 e. The van der Waals surface area contributed by atoms with Gasteiger partial charge in [0, 0.05) is 32.4 Å². The summed E-state index contributed by atoms with van der Waals surface area (Å²) >= 11 is 0. The van der Waals surface area contributed by atoms with E-state index >= 15 is 0 Å². The molecule has 0 bridgehead atoms. The Hall–Kier alpha value is -4.04. The Balaban J connectivity index is 1.64. The highest BCUT2D eigenvalue weighted by Crippen LogP contribution is 2.38. The molecule has 3 aliphatic heterocycles. The lowest BCUT2D eigenvalue weighted by atomic mass is 9.88. The average molecular weight is 941 g/mol. The molecule has 1 aromatic heterocycles. The first-order chi connectivity index (χ1) is 30.8. The van der Waals surface area contributed by atoms with Gasteiger partial charge in [-0.25, -0.2) is 9.59 Å². The molecule has 14 N–H and O–H groups in total. The lowest BCUT2D eigenvalue weighted by molar-refractivity contribution is -0.381. The number of unbranched alkanes of at least 4 members (excludes halogenated alkanes) is 5. The summed E-state index contributed by atoms with van der Waals surface area (Å²) in [6.07, 6.45) is -22.5. The molecule has 0 radical (unpaired) electrons. The number of aliphatic hydroxyl groups excluding tert-OH is 9. The Bertz CT molecular complexity index is 1810. The number of H-pyrrole nitrogens is 2. The number of methoxy groups -OCH3 is 1. The minimum absolute atomic E-state index is 0.0455. The van der Waals surface area contributed by atoms with E-state index in [1.54, 1.807) is 0 Å². The number of hydrogen-bond donors (Lipinski definition) is 14. The van der Waals surface area contributed by atoms with Gasteiger partial charge in [-0.15, -0.1) is 0 Å². The van der Waals surface area contributed by atoms with Gasteiger partial charge in [0.25, 0.3) is 17.3 Å². The van der Waals surface area contributed by atoms with E-state index in [4.69, 9.17) is 28.4 Å². The van der Waals surface area contributed by atoms with Crippen molar-refractivity contribution in [2.75, 3.05) is 33.5 Å². The number of aliphatic carboxylic acids is 1. The molecule has 3 saturated heterocycles. The highest BCUT2D eigenvalue weighted by Gasteiger charge is 2.60. The normalized spacial score (nSPS) is 33.7. The van der Waals surface area contributed by atoms with Crippen LogP contribution in [0.1, 0.15) is 68.8 Å². The molecule has 11 unspecified atom stereocenters. The van der Waals surface area contributed by atoms with Crippen molar-refractivity contribution in [3.8, 4) is 0 Å². The first-order valence-electron chi connectivity index (χ1n) is 20.9. The van der Waals surface area contributed by atoms with Gasteiger partial charge >= 0.3 is 17.6 Å². The zero-order valence-corrected chi connectivity index (χ0v) is 35.5. The average Bonchev–Trinajstić information content (AvgIpc) is 3.26. The van der Waals surface area contributed by atoms with Gasteiger partial charge in [0.05, 0.1) is 39.1 Å². The molecular formula is C38H60N4O23. The Labute approximate surface area is 369 Å². The number of carboxylic acids is 1. The maximum Gasteiger partial charge on any atom is 0.364 e. The molecule has 0 aliphatic carbocycles. The molecule has 0 aromatic carbocycles. The monoisotopic (exact) mass is 940 g/mol. The van der Waals surface area contributed by atoms with Crippen LogP contribution in [0.4, 0.5) is 0 Å². The third-order valence-electron chi connectivity index (χ3n) is 11.1. The van der Waals surface area contributed by atoms with Crippen LogP contribution in [0.3, 0.4) is 0 Å². The second kappa shape index (κ2) is 24.6. The van der Waals surface area contributed by atoms with E-state index in [0.29, 0.717) is 19.3 Å². The summed E-state index contributed by atoms with van der Waals surface area (Å²) in [5, 5.41) is 112. The van der Waals surface area contributed by atoms with E-state index in [0.717, 1.165) is 32.3 Å². The van der Waals surface area contributed by atoms with E-state index < -0.39 is 159 Å². The van der Waals surface area contributed by atoms with Crippen LogP contribution in [0.25, 0.3) is 0 Å². The molecular weight excluding hydrogens is 880 g/mol. The molecule has 16 atom stereocenters. The van der Waals surface area contributed by atoms with Crippen molar-refractivity contribution < 1.29 is 103 Å². The number of esters is 1. The van der Waals surface area contributed by atoms with Crippen LogP contribution in [0, 0.1) is 0 Å². The number of aliphatic hydroxyl groups is 9. The largest absolute Gasteiger partial charge is 0.477 e. The maximum atomic E-state index is 13.6. The van der Waals surface area contributed by atoms with Gasteiger partial charge in [-0.1, -0.05) is 25.7 Å². The van der Waals surface area contributed by atoms with E-state index in [1.165, 1.54) is 7.11 Å². The third kappa shape index (κ3) is 13.8. The van der Waals surface area contributed by atoms with Gasteiger partial charge in [-0.05, 0) is 12.8 Å². The van der Waals surface area contributed by atoms with Gasteiger partial charge in [0.15, 0.2) is 12.6 Å². The van der Waals surface area contributed by atoms with Crippen LogP contribution in [-0.4, -0.2) is 216 Å². The first kappa shape index (κ1) is 53.6. The predicted molar refractivity (Wildman–Crippen MR) is 211 cm³/mol. The molecule has 4 heterocycles. The van der Waals surface area contributed by atoms with Crippen LogP contribution >= 0.6 is 0 Å². The minimum Gasteiger partial charge on any atom is -0.477 e. The lowest BCUT2D eigenvalue weighted by Gasteiger charge is -2.51. The van der Waals surface area contributed by atoms with Gasteiger partial charge in [0.1, 0.15) is 72.8 Å². The van der Waals surface area contributed by atoms with Crippen molar-refractivity contribution in [1.29, 1.82) is 0 Å². The molecule has 3 aliphatic rings. The number of aromatic amines is 2. The Morgan fingerprint density at radius 1 is 0.846 bits per heavy atom. The van der Waals surface area contributed by atoms with Crippen molar-refractivity contribution in [2.45, 2.75) is 156 Å². The molecule has 3 fully saturated rings. The maximum absolute atomic E-state index is 13.6. The van der Waals surface area contributed by atoms with Crippen molar-refractivity contribution in [3.63, 3.8) is 0 Å². The van der Waals surface area contributed by atoms with Crippen molar-refractivity contribution in [2.24, 2.45) is 0 Å². The lowest BCUT2D eigenvalue weighted by Crippen LogP contribution is -2.71. The zero-order valence-electron chi connectivity index (χ0n) is 35.5. The topological polar surface area (TPSA) is 425 Å². The standard InChI is InChI=1S/C38H60N4O23/c1-16(46)39-24-18(47)12-38(36(56)57,64-31(24)26(51)19(48)13-43)65-32-28(53)21(15-45)62-35(29(32)54)63-30-25(42-33(55)17-11-22(49)41-37(58)40-17)34(61-20(14-44)27(30)52)60-10-8-6-4-3-5-7-9-23(50)59-2/h11,18-21,24-32,34-35,43-45,47-48,51-54H,3-10,12-15H2,1-2H3,(H,39,46)(H,42,55)(H,56,57)(H2,40,41,49,58)/t18?,19?,20?,21?,24-,25?,26?,27+,28-,29?,30?,31?,32?,34-,35?,38+/m1/s1. The molecule has 65 heavy (non-hydrogen) atoms. The highest BCUT2D eigenvalue weighted by molar-refractivity contribution is 5.92. The summed E-state index contributed by atoms with van der Waals surface area (Å²) in [5.74, 6) is -7.40. The van der Waals surface area contributed by atoms with E-state index in [9.17, 15) is 79.8 Å². The molecule has 0 saturated carbocycles. The van der Waals surface area contributed by atoms with E-state index in [-0.39, 0.29) is 19.0 Å². The number of carboxylic acid groups (broad SMARTS) is 1. The molecule has 0 spiro atoms. The van der Waals surface area contributed by atoms with Crippen LogP contribution < -0.4 is 21.9 Å². The van der Waals surface area contributed by atoms with E-state index in [1.807, 2.05) is 4.98 Å². The van der Waals surface area contributed by atoms with Crippen LogP contribution in [0.5, 0.6) is 0 Å². The van der Waals surface area contributed by atoms with Gasteiger partial charge in [-0.3, -0.25) is 24.2 Å². The van der Waals surface area contributed by atoms with Gasteiger partial charge in [-0.2, -0.15) is 0 Å². The van der Waals surface area contributed by atoms with Crippen molar-refractivity contribution >= 4 is 23.8 Å². The number of carbonyl (C=O) groups is 4. The zero-order chi connectivity index (χ0) is 48.2. The van der Waals surface area contributed by atoms with Crippen LogP contribution in [-0.2, 0) is 47.5 Å². The predicted octanol–water partition coefficient (Wildman–Crippen LogP) is -6.48. The number of nitrogens with one attached hydrogen (secondary N) is 4. The number of rotatable bonds is 23. The SMILES string of the molecule is COC(=O)CCCCCCCCO[C@@H]1OC(CO)[C@H](O)C(OC2OC(CO)[C@@H](O)C(O[C@]3(C(=O)O)CC(O)[C@@H](NC(C)=O)C(C(O)C(O)CO)O3)C2O)C1NC(=O)c1cc(=O)[nH]c(=O)[nH]1. The summed E-state index contributed by atoms with van der Waals surface area (Å²) in [6.45, 7) is -2.06. The molecule has 4 rings (SSSR count). The van der Waals surface area contributed by atoms with Crippen molar-refractivity contribution in [1.82, 2.24) is 20.6 Å². The minimum atomic E-state index is -3.13.